The van der Waals surface area contributed by atoms with Gasteiger partial charge in [-0.15, -0.1) is 0 Å². The van der Waals surface area contributed by atoms with Crippen molar-refractivity contribution in [3.8, 4) is 0 Å². The first-order valence-corrected chi connectivity index (χ1v) is 10.8. The average Bonchev–Trinajstić information content (AvgIpc) is 3.32. The Hall–Kier alpha value is -2.83. The Bertz CT molecular complexity index is 1080. The number of amides is 1. The summed E-state index contributed by atoms with van der Waals surface area (Å²) in [6, 6.07) is 15.0. The number of fused-ring (bicyclic) bond motifs is 2. The van der Waals surface area contributed by atoms with Gasteiger partial charge in [0.15, 0.2) is 0 Å². The fourth-order valence-corrected chi connectivity index (χ4v) is 4.08. The van der Waals surface area contributed by atoms with Crippen molar-refractivity contribution in [3.05, 3.63) is 70.9 Å². The first-order chi connectivity index (χ1) is 14.8. The van der Waals surface area contributed by atoms with E-state index in [1.807, 2.05) is 20.8 Å². The summed E-state index contributed by atoms with van der Waals surface area (Å²) >= 11 is 0. The third-order valence-corrected chi connectivity index (χ3v) is 5.51. The Morgan fingerprint density at radius 2 is 1.94 bits per heavy atom. The maximum Gasteiger partial charge on any atom is 0.410 e. The van der Waals surface area contributed by atoms with E-state index in [1.165, 1.54) is 33.2 Å². The summed E-state index contributed by atoms with van der Waals surface area (Å²) in [7, 11) is 0. The molecule has 31 heavy (non-hydrogen) atoms. The number of ether oxygens (including phenoxy) is 1. The molecule has 2 N–H and O–H groups in total. The van der Waals surface area contributed by atoms with Gasteiger partial charge in [0.05, 0.1) is 6.61 Å². The van der Waals surface area contributed by atoms with E-state index in [2.05, 4.69) is 58.5 Å². The molecule has 1 aliphatic rings. The molecule has 0 aliphatic carbocycles. The van der Waals surface area contributed by atoms with E-state index in [0.717, 1.165) is 13.1 Å². The summed E-state index contributed by atoms with van der Waals surface area (Å²) in [4.78, 5) is 14.2. The van der Waals surface area contributed by atoms with Crippen LogP contribution in [0.3, 0.4) is 0 Å². The molecule has 6 nitrogen and oxygen atoms in total. The van der Waals surface area contributed by atoms with Crippen molar-refractivity contribution >= 4 is 17.0 Å². The van der Waals surface area contributed by atoms with Crippen LogP contribution in [0.2, 0.25) is 0 Å². The second-order valence-electron chi connectivity index (χ2n) is 9.13. The van der Waals surface area contributed by atoms with Gasteiger partial charge in [-0.25, -0.2) is 4.79 Å². The molecule has 0 saturated heterocycles. The van der Waals surface area contributed by atoms with Crippen LogP contribution in [-0.4, -0.2) is 39.4 Å². The molecule has 0 fully saturated rings. The lowest BCUT2D eigenvalue weighted by Crippen LogP contribution is -2.33. The number of nitrogens with zero attached hydrogens (tertiary/aromatic N) is 2. The van der Waals surface area contributed by atoms with Crippen LogP contribution in [0.4, 0.5) is 4.79 Å². The van der Waals surface area contributed by atoms with Crippen LogP contribution in [0.15, 0.2) is 48.7 Å². The SMILES string of the molecule is CC(C)(C)OC(=O)N1Cc2ccc(Cn3ccc4c(CNCCO)cccc43)cc2C1. The number of nitrogens with one attached hydrogen (secondary N) is 1. The fraction of sp³-hybridized carbons (Fsp3) is 0.400. The zero-order valence-electron chi connectivity index (χ0n) is 18.5. The van der Waals surface area contributed by atoms with Crippen molar-refractivity contribution in [2.24, 2.45) is 0 Å². The van der Waals surface area contributed by atoms with Gasteiger partial charge < -0.3 is 19.7 Å². The van der Waals surface area contributed by atoms with Gasteiger partial charge in [0.1, 0.15) is 5.60 Å². The topological polar surface area (TPSA) is 66.7 Å². The highest BCUT2D eigenvalue weighted by Gasteiger charge is 2.27. The molecule has 0 unspecified atom stereocenters. The second kappa shape index (κ2) is 8.73. The summed E-state index contributed by atoms with van der Waals surface area (Å²) in [5, 5.41) is 13.5. The smallest absolute Gasteiger partial charge is 0.410 e. The predicted octanol–water partition coefficient (Wildman–Crippen LogP) is 4.02. The van der Waals surface area contributed by atoms with E-state index in [-0.39, 0.29) is 12.7 Å². The van der Waals surface area contributed by atoms with E-state index in [9.17, 15) is 4.79 Å². The van der Waals surface area contributed by atoms with Gasteiger partial charge in [-0.2, -0.15) is 0 Å². The number of aliphatic hydroxyl groups excluding tert-OH is 1. The highest BCUT2D eigenvalue weighted by molar-refractivity contribution is 5.83. The summed E-state index contributed by atoms with van der Waals surface area (Å²) in [5.74, 6) is 0. The maximum absolute atomic E-state index is 12.4. The molecule has 0 spiro atoms. The van der Waals surface area contributed by atoms with Crippen LogP contribution >= 0.6 is 0 Å². The number of carbonyl (C=O) groups excluding carboxylic acids is 1. The Morgan fingerprint density at radius 1 is 1.13 bits per heavy atom. The van der Waals surface area contributed by atoms with Crippen molar-refractivity contribution in [1.82, 2.24) is 14.8 Å². The third kappa shape index (κ3) is 4.92. The Labute approximate surface area is 183 Å². The van der Waals surface area contributed by atoms with Crippen molar-refractivity contribution < 1.29 is 14.6 Å². The number of carbonyl (C=O) groups is 1. The number of hydrogen-bond donors (Lipinski definition) is 2. The largest absolute Gasteiger partial charge is 0.444 e. The van der Waals surface area contributed by atoms with Crippen LogP contribution in [0, 0.1) is 0 Å². The van der Waals surface area contributed by atoms with Crippen molar-refractivity contribution in [2.45, 2.75) is 52.6 Å². The summed E-state index contributed by atoms with van der Waals surface area (Å²) in [6.07, 6.45) is 1.87. The Kier molecular flexibility index (Phi) is 6.03. The minimum Gasteiger partial charge on any atom is -0.444 e. The van der Waals surface area contributed by atoms with Gasteiger partial charge in [-0.3, -0.25) is 4.90 Å². The monoisotopic (exact) mass is 421 g/mol. The molecule has 6 heteroatoms. The molecule has 1 aromatic heterocycles. The van der Waals surface area contributed by atoms with E-state index in [0.29, 0.717) is 19.6 Å². The number of aliphatic hydroxyl groups is 1. The van der Waals surface area contributed by atoms with Crippen molar-refractivity contribution in [1.29, 1.82) is 0 Å². The summed E-state index contributed by atoms with van der Waals surface area (Å²) < 4.78 is 7.78. The molecule has 1 amide bonds. The van der Waals surface area contributed by atoms with Crippen LogP contribution in [0.5, 0.6) is 0 Å². The molecule has 3 aromatic rings. The van der Waals surface area contributed by atoms with Crippen molar-refractivity contribution in [3.63, 3.8) is 0 Å². The second-order valence-corrected chi connectivity index (χ2v) is 9.13. The van der Waals surface area contributed by atoms with Crippen LogP contribution in [0.1, 0.15) is 43.0 Å². The first kappa shape index (κ1) is 21.4. The van der Waals surface area contributed by atoms with Gasteiger partial charge in [0.2, 0.25) is 0 Å². The maximum atomic E-state index is 12.4. The molecule has 0 saturated carbocycles. The zero-order chi connectivity index (χ0) is 22.0. The molecule has 2 heterocycles. The van der Waals surface area contributed by atoms with Crippen LogP contribution in [-0.2, 0) is 30.9 Å². The van der Waals surface area contributed by atoms with Crippen LogP contribution in [0.25, 0.3) is 10.9 Å². The lowest BCUT2D eigenvalue weighted by Gasteiger charge is -2.24. The quantitative estimate of drug-likeness (QED) is 0.590. The lowest BCUT2D eigenvalue weighted by molar-refractivity contribution is 0.0242. The highest BCUT2D eigenvalue weighted by atomic mass is 16.6. The number of aromatic nitrogens is 1. The number of benzene rings is 2. The average molecular weight is 422 g/mol. The normalized spacial score (nSPS) is 13.6. The van der Waals surface area contributed by atoms with Gasteiger partial charge >= 0.3 is 6.09 Å². The van der Waals surface area contributed by atoms with E-state index >= 15 is 0 Å². The molecule has 0 radical (unpaired) electrons. The van der Waals surface area contributed by atoms with Gasteiger partial charge in [-0.1, -0.05) is 30.3 Å². The van der Waals surface area contributed by atoms with Gasteiger partial charge in [0, 0.05) is 49.8 Å². The predicted molar refractivity (Wildman–Crippen MR) is 122 cm³/mol. The lowest BCUT2D eigenvalue weighted by atomic mass is 10.1. The standard InChI is InChI=1S/C25H31N3O3/c1-25(2,3)31-24(30)28-16-20-8-7-18(13-21(20)17-28)15-27-11-9-22-19(14-26-10-12-29)5-4-6-23(22)27/h4-9,11,13,26,29H,10,12,14-17H2,1-3H3. The highest BCUT2D eigenvalue weighted by Crippen LogP contribution is 2.27. The molecule has 0 bridgehead atoms. The molecule has 2 aromatic carbocycles. The van der Waals surface area contributed by atoms with Crippen molar-refractivity contribution in [2.75, 3.05) is 13.2 Å². The Morgan fingerprint density at radius 3 is 2.71 bits per heavy atom. The number of rotatable bonds is 6. The van der Waals surface area contributed by atoms with Crippen LogP contribution < -0.4 is 5.32 Å². The summed E-state index contributed by atoms with van der Waals surface area (Å²) in [5.41, 5.74) is 5.52. The molecule has 1 aliphatic heterocycles. The van der Waals surface area contributed by atoms with Gasteiger partial charge in [-0.05, 0) is 55.2 Å². The van der Waals surface area contributed by atoms with E-state index in [4.69, 9.17) is 9.84 Å². The van der Waals surface area contributed by atoms with E-state index in [1.54, 1.807) is 4.90 Å². The number of hydrogen-bond acceptors (Lipinski definition) is 4. The minimum absolute atomic E-state index is 0.140. The summed E-state index contributed by atoms with van der Waals surface area (Å²) in [6.45, 7) is 9.10. The van der Waals surface area contributed by atoms with Gasteiger partial charge in [0.25, 0.3) is 0 Å². The first-order valence-electron chi connectivity index (χ1n) is 10.8. The molecule has 164 valence electrons. The van der Waals surface area contributed by atoms with E-state index < -0.39 is 5.60 Å². The molecule has 0 atom stereocenters. The minimum atomic E-state index is -0.487. The molecular weight excluding hydrogens is 390 g/mol. The zero-order valence-corrected chi connectivity index (χ0v) is 18.5. The molecular formula is C25H31N3O3. The molecule has 4 rings (SSSR count). The Balaban J connectivity index is 1.48. The fourth-order valence-electron chi connectivity index (χ4n) is 4.08. The third-order valence-electron chi connectivity index (χ3n) is 5.51.